The first-order valence-electron chi connectivity index (χ1n) is 4.62. The predicted molar refractivity (Wildman–Crippen MR) is 59.3 cm³/mol. The molecule has 1 aromatic carbocycles. The Hall–Kier alpha value is -1.46. The third-order valence-corrected chi connectivity index (χ3v) is 1.97. The van der Waals surface area contributed by atoms with E-state index in [0.717, 1.165) is 18.7 Å². The van der Waals surface area contributed by atoms with E-state index in [4.69, 9.17) is 11.2 Å². The van der Waals surface area contributed by atoms with Crippen molar-refractivity contribution in [1.82, 2.24) is 0 Å². The predicted octanol–water partition coefficient (Wildman–Crippen LogP) is 1.92. The van der Waals surface area contributed by atoms with E-state index in [1.54, 1.807) is 7.11 Å². The number of ether oxygens (including phenoxy) is 1. The molecule has 0 aliphatic rings. The fraction of sp³-hybridized carbons (Fsp3) is 0.333. The maximum Gasteiger partial charge on any atom is 0.0763 e. The van der Waals surface area contributed by atoms with Crippen LogP contribution in [0.15, 0.2) is 24.3 Å². The molecule has 0 aliphatic heterocycles. The van der Waals surface area contributed by atoms with Gasteiger partial charge in [0.1, 0.15) is 0 Å². The molecule has 2 nitrogen and oxygen atoms in total. The quantitative estimate of drug-likeness (QED) is 0.714. The van der Waals surface area contributed by atoms with Crippen molar-refractivity contribution in [1.29, 1.82) is 0 Å². The van der Waals surface area contributed by atoms with Gasteiger partial charge in [-0.15, -0.1) is 6.42 Å². The van der Waals surface area contributed by atoms with Gasteiger partial charge in [0.15, 0.2) is 0 Å². The van der Waals surface area contributed by atoms with Gasteiger partial charge in [-0.1, -0.05) is 24.1 Å². The average molecular weight is 189 g/mol. The van der Waals surface area contributed by atoms with E-state index in [-0.39, 0.29) is 0 Å². The summed E-state index contributed by atoms with van der Waals surface area (Å²) >= 11 is 0. The van der Waals surface area contributed by atoms with Crippen molar-refractivity contribution >= 4 is 5.69 Å². The molecule has 1 aromatic rings. The summed E-state index contributed by atoms with van der Waals surface area (Å²) in [6.45, 7) is 1.29. The Morgan fingerprint density at radius 3 is 2.93 bits per heavy atom. The molecule has 0 unspecified atom stereocenters. The number of hydrogen-bond acceptors (Lipinski definition) is 2. The SMILES string of the molecule is C#CCNc1ccccc1CCOC. The van der Waals surface area contributed by atoms with E-state index < -0.39 is 0 Å². The van der Waals surface area contributed by atoms with E-state index in [0.29, 0.717) is 6.54 Å². The Kier molecular flexibility index (Phi) is 4.60. The number of rotatable bonds is 5. The number of benzene rings is 1. The van der Waals surface area contributed by atoms with Gasteiger partial charge in [0.05, 0.1) is 13.2 Å². The molecule has 0 bridgehead atoms. The summed E-state index contributed by atoms with van der Waals surface area (Å²) < 4.78 is 5.04. The topological polar surface area (TPSA) is 21.3 Å². The minimum atomic E-state index is 0.560. The molecule has 0 aromatic heterocycles. The second-order valence-corrected chi connectivity index (χ2v) is 2.96. The van der Waals surface area contributed by atoms with Crippen LogP contribution in [0.2, 0.25) is 0 Å². The third kappa shape index (κ3) is 3.12. The highest BCUT2D eigenvalue weighted by Gasteiger charge is 1.99. The smallest absolute Gasteiger partial charge is 0.0763 e. The summed E-state index contributed by atoms with van der Waals surface area (Å²) in [5, 5.41) is 3.18. The van der Waals surface area contributed by atoms with Crippen molar-refractivity contribution in [3.05, 3.63) is 29.8 Å². The van der Waals surface area contributed by atoms with E-state index in [9.17, 15) is 0 Å². The lowest BCUT2D eigenvalue weighted by atomic mass is 10.1. The molecule has 0 heterocycles. The molecule has 1 N–H and O–H groups in total. The van der Waals surface area contributed by atoms with Gasteiger partial charge in [0, 0.05) is 12.8 Å². The summed E-state index contributed by atoms with van der Waals surface area (Å²) in [4.78, 5) is 0. The van der Waals surface area contributed by atoms with Gasteiger partial charge in [0.2, 0.25) is 0 Å². The number of terminal acetylenes is 1. The summed E-state index contributed by atoms with van der Waals surface area (Å²) in [7, 11) is 1.71. The molecule has 0 atom stereocenters. The zero-order valence-corrected chi connectivity index (χ0v) is 8.42. The second-order valence-electron chi connectivity index (χ2n) is 2.96. The maximum absolute atomic E-state index is 5.19. The molecule has 0 fully saturated rings. The minimum absolute atomic E-state index is 0.560. The molecule has 1 rings (SSSR count). The normalized spacial score (nSPS) is 9.43. The molecule has 74 valence electrons. The fourth-order valence-corrected chi connectivity index (χ4v) is 1.27. The molecule has 0 saturated carbocycles. The number of methoxy groups -OCH3 is 1. The lowest BCUT2D eigenvalue weighted by molar-refractivity contribution is 0.202. The summed E-state index contributed by atoms with van der Waals surface area (Å²) in [6, 6.07) is 8.13. The van der Waals surface area contributed by atoms with Crippen molar-refractivity contribution in [3.63, 3.8) is 0 Å². The van der Waals surface area contributed by atoms with Crippen LogP contribution in [0.5, 0.6) is 0 Å². The molecule has 0 radical (unpaired) electrons. The summed E-state index contributed by atoms with van der Waals surface area (Å²) in [5.41, 5.74) is 2.34. The Morgan fingerprint density at radius 1 is 1.43 bits per heavy atom. The van der Waals surface area contributed by atoms with Gasteiger partial charge in [-0.25, -0.2) is 0 Å². The number of nitrogens with one attached hydrogen (secondary N) is 1. The highest BCUT2D eigenvalue weighted by molar-refractivity contribution is 5.51. The van der Waals surface area contributed by atoms with Crippen LogP contribution in [0.3, 0.4) is 0 Å². The first-order chi connectivity index (χ1) is 6.88. The lowest BCUT2D eigenvalue weighted by Gasteiger charge is -2.09. The monoisotopic (exact) mass is 189 g/mol. The van der Waals surface area contributed by atoms with Crippen LogP contribution >= 0.6 is 0 Å². The van der Waals surface area contributed by atoms with Gasteiger partial charge >= 0.3 is 0 Å². The van der Waals surface area contributed by atoms with Crippen LogP contribution in [0.4, 0.5) is 5.69 Å². The van der Waals surface area contributed by atoms with Crippen LogP contribution in [-0.2, 0) is 11.2 Å². The Morgan fingerprint density at radius 2 is 2.21 bits per heavy atom. The Balaban J connectivity index is 2.65. The van der Waals surface area contributed by atoms with Gasteiger partial charge in [-0.2, -0.15) is 0 Å². The van der Waals surface area contributed by atoms with Crippen molar-refractivity contribution < 1.29 is 4.74 Å². The van der Waals surface area contributed by atoms with Crippen LogP contribution in [0.1, 0.15) is 5.56 Å². The average Bonchev–Trinajstić information content (AvgIpc) is 2.24. The fourth-order valence-electron chi connectivity index (χ4n) is 1.27. The maximum atomic E-state index is 5.19. The van der Waals surface area contributed by atoms with E-state index in [2.05, 4.69) is 17.3 Å². The molecule has 0 spiro atoms. The van der Waals surface area contributed by atoms with Crippen molar-refractivity contribution in [2.24, 2.45) is 0 Å². The highest BCUT2D eigenvalue weighted by atomic mass is 16.5. The second kappa shape index (κ2) is 6.06. The molecular weight excluding hydrogens is 174 g/mol. The van der Waals surface area contributed by atoms with Crippen LogP contribution in [0.25, 0.3) is 0 Å². The molecule has 0 amide bonds. The van der Waals surface area contributed by atoms with Crippen LogP contribution < -0.4 is 5.32 Å². The molecule has 2 heteroatoms. The minimum Gasteiger partial charge on any atom is -0.384 e. The molecule has 0 aliphatic carbocycles. The van der Waals surface area contributed by atoms with Gasteiger partial charge < -0.3 is 10.1 Å². The first-order valence-corrected chi connectivity index (χ1v) is 4.62. The molecular formula is C12H15NO. The van der Waals surface area contributed by atoms with Crippen molar-refractivity contribution in [2.75, 3.05) is 25.6 Å². The van der Waals surface area contributed by atoms with Gasteiger partial charge in [0.25, 0.3) is 0 Å². The summed E-state index contributed by atoms with van der Waals surface area (Å²) in [6.07, 6.45) is 6.10. The number of anilines is 1. The van der Waals surface area contributed by atoms with Crippen LogP contribution in [0, 0.1) is 12.3 Å². The standard InChI is InChI=1S/C12H15NO/c1-3-9-13-12-7-5-4-6-11(12)8-10-14-2/h1,4-7,13H,8-10H2,2H3. The highest BCUT2D eigenvalue weighted by Crippen LogP contribution is 2.14. The number of hydrogen-bond donors (Lipinski definition) is 1. The zero-order chi connectivity index (χ0) is 10.2. The van der Waals surface area contributed by atoms with E-state index in [1.165, 1.54) is 5.56 Å². The molecule has 0 saturated heterocycles. The first kappa shape index (κ1) is 10.6. The largest absolute Gasteiger partial charge is 0.384 e. The van der Waals surface area contributed by atoms with Crippen molar-refractivity contribution in [3.8, 4) is 12.3 Å². The zero-order valence-electron chi connectivity index (χ0n) is 8.42. The lowest BCUT2D eigenvalue weighted by Crippen LogP contribution is -2.03. The van der Waals surface area contributed by atoms with Crippen LogP contribution in [-0.4, -0.2) is 20.3 Å². The van der Waals surface area contributed by atoms with E-state index in [1.807, 2.05) is 18.2 Å². The Bertz CT molecular complexity index is 314. The van der Waals surface area contributed by atoms with Gasteiger partial charge in [-0.3, -0.25) is 0 Å². The third-order valence-electron chi connectivity index (χ3n) is 1.97. The summed E-state index contributed by atoms with van der Waals surface area (Å²) in [5.74, 6) is 2.56. The number of para-hydroxylation sites is 1. The van der Waals surface area contributed by atoms with Gasteiger partial charge in [-0.05, 0) is 18.1 Å². The molecule has 14 heavy (non-hydrogen) atoms. The van der Waals surface area contributed by atoms with E-state index >= 15 is 0 Å². The van der Waals surface area contributed by atoms with Crippen molar-refractivity contribution in [2.45, 2.75) is 6.42 Å². The Labute approximate surface area is 85.3 Å².